The van der Waals surface area contributed by atoms with Gasteiger partial charge in [-0.3, -0.25) is 0 Å². The molecule has 1 N–H and O–H groups in total. The summed E-state index contributed by atoms with van der Waals surface area (Å²) in [5, 5.41) is 3.48. The van der Waals surface area contributed by atoms with Crippen molar-refractivity contribution in [1.82, 2.24) is 5.32 Å². The van der Waals surface area contributed by atoms with Gasteiger partial charge in [0, 0.05) is 6.29 Å². The molecule has 0 aromatic heterocycles. The number of hydrogen-bond acceptors (Lipinski definition) is 1. The highest BCUT2D eigenvalue weighted by Crippen LogP contribution is 2.12. The Morgan fingerprint density at radius 2 is 1.75 bits per heavy atom. The first-order valence-electron chi connectivity index (χ1n) is 5.04. The van der Waals surface area contributed by atoms with Crippen LogP contribution in [0.1, 0.15) is 34.1 Å². The SMILES string of the molecule is CC(C)CCNCPCC(C)C. The highest BCUT2D eigenvalue weighted by molar-refractivity contribution is 7.37. The zero-order valence-electron chi connectivity index (χ0n) is 8.98. The van der Waals surface area contributed by atoms with Crippen LogP contribution in [0, 0.1) is 11.8 Å². The molecule has 0 saturated carbocycles. The third kappa shape index (κ3) is 10.4. The first kappa shape index (κ1) is 12.4. The monoisotopic (exact) mass is 189 g/mol. The quantitative estimate of drug-likeness (QED) is 0.479. The molecule has 0 aromatic rings. The van der Waals surface area contributed by atoms with Gasteiger partial charge in [-0.25, -0.2) is 0 Å². The van der Waals surface area contributed by atoms with E-state index in [0.717, 1.165) is 20.4 Å². The van der Waals surface area contributed by atoms with Crippen molar-refractivity contribution in [3.8, 4) is 0 Å². The third-order valence-corrected chi connectivity index (χ3v) is 3.31. The minimum Gasteiger partial charge on any atom is -0.313 e. The second kappa shape index (κ2) is 8.01. The summed E-state index contributed by atoms with van der Waals surface area (Å²) < 4.78 is 0. The van der Waals surface area contributed by atoms with Crippen molar-refractivity contribution in [3.05, 3.63) is 0 Å². The molecule has 0 aliphatic rings. The maximum atomic E-state index is 3.48. The lowest BCUT2D eigenvalue weighted by molar-refractivity contribution is 0.558. The largest absolute Gasteiger partial charge is 0.313 e. The van der Waals surface area contributed by atoms with Gasteiger partial charge >= 0.3 is 0 Å². The van der Waals surface area contributed by atoms with Crippen LogP contribution in [0.15, 0.2) is 0 Å². The summed E-state index contributed by atoms with van der Waals surface area (Å²) in [6.07, 6.45) is 3.92. The molecule has 0 aliphatic heterocycles. The van der Waals surface area contributed by atoms with Crippen LogP contribution >= 0.6 is 8.58 Å². The Labute approximate surface area is 79.5 Å². The van der Waals surface area contributed by atoms with E-state index in [1.165, 1.54) is 25.4 Å². The number of nitrogens with one attached hydrogen (secondary N) is 1. The molecular weight excluding hydrogens is 165 g/mol. The average Bonchev–Trinajstić information content (AvgIpc) is 1.95. The van der Waals surface area contributed by atoms with Gasteiger partial charge in [-0.2, -0.15) is 0 Å². The van der Waals surface area contributed by atoms with Gasteiger partial charge in [0.2, 0.25) is 0 Å². The Kier molecular flexibility index (Phi) is 8.27. The normalized spacial score (nSPS) is 12.5. The molecule has 1 nitrogen and oxygen atoms in total. The van der Waals surface area contributed by atoms with E-state index in [2.05, 4.69) is 33.0 Å². The molecular formula is C10H24NP. The Morgan fingerprint density at radius 1 is 1.08 bits per heavy atom. The van der Waals surface area contributed by atoms with Crippen LogP contribution in [0.5, 0.6) is 0 Å². The van der Waals surface area contributed by atoms with E-state index in [9.17, 15) is 0 Å². The summed E-state index contributed by atoms with van der Waals surface area (Å²) >= 11 is 0. The van der Waals surface area contributed by atoms with Gasteiger partial charge in [0.1, 0.15) is 0 Å². The minimum absolute atomic E-state index is 0.839. The second-order valence-corrected chi connectivity index (χ2v) is 5.47. The van der Waals surface area contributed by atoms with Crippen LogP contribution in [0.25, 0.3) is 0 Å². The highest BCUT2D eigenvalue weighted by atomic mass is 31.1. The molecule has 1 unspecified atom stereocenters. The second-order valence-electron chi connectivity index (χ2n) is 4.21. The summed E-state index contributed by atoms with van der Waals surface area (Å²) in [6, 6.07) is 0. The summed E-state index contributed by atoms with van der Waals surface area (Å²) in [4.78, 5) is 0. The van der Waals surface area contributed by atoms with E-state index in [1.54, 1.807) is 0 Å². The Morgan fingerprint density at radius 3 is 2.25 bits per heavy atom. The van der Waals surface area contributed by atoms with E-state index < -0.39 is 0 Å². The van der Waals surface area contributed by atoms with Crippen molar-refractivity contribution in [1.29, 1.82) is 0 Å². The van der Waals surface area contributed by atoms with Crippen LogP contribution in [0.4, 0.5) is 0 Å². The predicted molar refractivity (Wildman–Crippen MR) is 60.3 cm³/mol. The maximum Gasteiger partial charge on any atom is 0.0127 e. The summed E-state index contributed by atoms with van der Waals surface area (Å²) in [5.74, 6) is 1.71. The molecule has 0 bridgehead atoms. The Hall–Kier alpha value is 0.390. The zero-order valence-corrected chi connectivity index (χ0v) is 9.98. The van der Waals surface area contributed by atoms with Gasteiger partial charge < -0.3 is 5.32 Å². The molecule has 0 saturated heterocycles. The van der Waals surface area contributed by atoms with Crippen LogP contribution in [0.3, 0.4) is 0 Å². The number of rotatable bonds is 7. The lowest BCUT2D eigenvalue weighted by atomic mass is 10.1. The van der Waals surface area contributed by atoms with Crippen LogP contribution in [-0.4, -0.2) is 19.0 Å². The van der Waals surface area contributed by atoms with Gasteiger partial charge in [-0.05, 0) is 31.0 Å². The summed E-state index contributed by atoms with van der Waals surface area (Å²) in [7, 11) is 1.10. The van der Waals surface area contributed by atoms with Crippen LogP contribution in [0.2, 0.25) is 0 Å². The van der Waals surface area contributed by atoms with E-state index in [1.807, 2.05) is 0 Å². The van der Waals surface area contributed by atoms with Crippen molar-refractivity contribution in [2.45, 2.75) is 34.1 Å². The molecule has 2 heteroatoms. The lowest BCUT2D eigenvalue weighted by Crippen LogP contribution is -2.15. The molecule has 0 spiro atoms. The van der Waals surface area contributed by atoms with Crippen LogP contribution < -0.4 is 5.32 Å². The Bertz CT molecular complexity index is 79.8. The molecule has 0 amide bonds. The molecule has 0 aromatic carbocycles. The fourth-order valence-corrected chi connectivity index (χ4v) is 2.00. The van der Waals surface area contributed by atoms with Crippen molar-refractivity contribution in [2.75, 3.05) is 19.0 Å². The van der Waals surface area contributed by atoms with Crippen molar-refractivity contribution in [2.24, 2.45) is 11.8 Å². The minimum atomic E-state index is 0.839. The molecule has 12 heavy (non-hydrogen) atoms. The summed E-state index contributed by atoms with van der Waals surface area (Å²) in [5.41, 5.74) is 0. The maximum absolute atomic E-state index is 3.48. The molecule has 0 radical (unpaired) electrons. The van der Waals surface area contributed by atoms with Crippen molar-refractivity contribution >= 4 is 8.58 Å². The molecule has 0 rings (SSSR count). The van der Waals surface area contributed by atoms with Crippen molar-refractivity contribution < 1.29 is 0 Å². The smallest absolute Gasteiger partial charge is 0.0127 e. The molecule has 1 atom stereocenters. The molecule has 0 fully saturated rings. The number of hydrogen-bond donors (Lipinski definition) is 1. The molecule has 0 heterocycles. The topological polar surface area (TPSA) is 12.0 Å². The zero-order chi connectivity index (χ0) is 9.40. The van der Waals surface area contributed by atoms with Gasteiger partial charge in [-0.1, -0.05) is 27.7 Å². The molecule has 0 aliphatic carbocycles. The fourth-order valence-electron chi connectivity index (χ4n) is 0.928. The lowest BCUT2D eigenvalue weighted by Gasteiger charge is -2.07. The standard InChI is InChI=1S/C10H24NP/c1-9(2)5-6-11-8-12-7-10(3)4/h9-12H,5-8H2,1-4H3. The fraction of sp³-hybridized carbons (Fsp3) is 1.00. The predicted octanol–water partition coefficient (Wildman–Crippen LogP) is 2.91. The van der Waals surface area contributed by atoms with Crippen molar-refractivity contribution in [3.63, 3.8) is 0 Å². The van der Waals surface area contributed by atoms with Gasteiger partial charge in [0.05, 0.1) is 0 Å². The average molecular weight is 189 g/mol. The van der Waals surface area contributed by atoms with E-state index in [-0.39, 0.29) is 0 Å². The van der Waals surface area contributed by atoms with Gasteiger partial charge in [0.25, 0.3) is 0 Å². The first-order valence-corrected chi connectivity index (χ1v) is 6.45. The summed E-state index contributed by atoms with van der Waals surface area (Å²) in [6.45, 7) is 10.3. The van der Waals surface area contributed by atoms with Crippen LogP contribution in [-0.2, 0) is 0 Å². The van der Waals surface area contributed by atoms with E-state index in [4.69, 9.17) is 0 Å². The van der Waals surface area contributed by atoms with E-state index >= 15 is 0 Å². The van der Waals surface area contributed by atoms with Gasteiger partial charge in [-0.15, -0.1) is 8.58 Å². The highest BCUT2D eigenvalue weighted by Gasteiger charge is 1.94. The first-order chi connectivity index (χ1) is 5.63. The Balaban J connectivity index is 2.91. The van der Waals surface area contributed by atoms with Gasteiger partial charge in [0.15, 0.2) is 0 Å². The molecule has 74 valence electrons. The third-order valence-electron chi connectivity index (χ3n) is 1.70. The van der Waals surface area contributed by atoms with E-state index in [0.29, 0.717) is 0 Å².